The van der Waals surface area contributed by atoms with Gasteiger partial charge in [0.05, 0.1) is 6.07 Å². The van der Waals surface area contributed by atoms with Crippen molar-refractivity contribution in [3.63, 3.8) is 0 Å². The minimum atomic E-state index is -0.217. The second-order valence-corrected chi connectivity index (χ2v) is 4.31. The lowest BCUT2D eigenvalue weighted by Crippen LogP contribution is -2.15. The van der Waals surface area contributed by atoms with Gasteiger partial charge in [-0.15, -0.1) is 0 Å². The molecule has 0 aliphatic heterocycles. The van der Waals surface area contributed by atoms with Crippen LogP contribution in [0.4, 0.5) is 0 Å². The highest BCUT2D eigenvalue weighted by molar-refractivity contribution is 6.40. The van der Waals surface area contributed by atoms with Gasteiger partial charge in [-0.2, -0.15) is 5.26 Å². The SMILES string of the molecule is CC(=O)C(=NO)[C@@H]1[C@@H](CC#N)C1(C)C. The van der Waals surface area contributed by atoms with Crippen LogP contribution in [-0.2, 0) is 4.79 Å². The van der Waals surface area contributed by atoms with Crippen LogP contribution in [0.5, 0.6) is 0 Å². The maximum atomic E-state index is 11.1. The van der Waals surface area contributed by atoms with Crippen molar-refractivity contribution in [1.82, 2.24) is 0 Å². The molecule has 0 heterocycles. The van der Waals surface area contributed by atoms with Gasteiger partial charge in [-0.25, -0.2) is 0 Å². The quantitative estimate of drug-likeness (QED) is 0.421. The zero-order valence-corrected chi connectivity index (χ0v) is 8.61. The predicted octanol–water partition coefficient (Wildman–Crippen LogP) is 1.59. The predicted molar refractivity (Wildman–Crippen MR) is 50.9 cm³/mol. The first-order chi connectivity index (χ1) is 6.46. The summed E-state index contributed by atoms with van der Waals surface area (Å²) in [5.41, 5.74) is 0.110. The van der Waals surface area contributed by atoms with Crippen molar-refractivity contribution in [1.29, 1.82) is 5.26 Å². The Bertz CT molecular complexity index is 326. The largest absolute Gasteiger partial charge is 0.411 e. The number of Topliss-reactive ketones (excluding diaryl/α,β-unsaturated/α-hetero) is 1. The Hall–Kier alpha value is -1.37. The molecule has 0 radical (unpaired) electrons. The molecule has 1 rings (SSSR count). The van der Waals surface area contributed by atoms with Crippen molar-refractivity contribution < 1.29 is 10.0 Å². The fourth-order valence-corrected chi connectivity index (χ4v) is 2.12. The lowest BCUT2D eigenvalue weighted by atomic mass is 10.0. The van der Waals surface area contributed by atoms with E-state index >= 15 is 0 Å². The molecule has 76 valence electrons. The molecule has 0 unspecified atom stereocenters. The van der Waals surface area contributed by atoms with Gasteiger partial charge in [0.25, 0.3) is 0 Å². The molecule has 14 heavy (non-hydrogen) atoms. The lowest BCUT2D eigenvalue weighted by Gasteiger charge is -2.01. The van der Waals surface area contributed by atoms with Crippen molar-refractivity contribution in [3.8, 4) is 6.07 Å². The average Bonchev–Trinajstić information content (AvgIpc) is 2.58. The lowest BCUT2D eigenvalue weighted by molar-refractivity contribution is -0.111. The molecule has 1 saturated carbocycles. The van der Waals surface area contributed by atoms with Crippen LogP contribution in [0.3, 0.4) is 0 Å². The van der Waals surface area contributed by atoms with E-state index in [9.17, 15) is 4.79 Å². The summed E-state index contributed by atoms with van der Waals surface area (Å²) in [5.74, 6) is -0.141. The highest BCUT2D eigenvalue weighted by atomic mass is 16.4. The molecule has 1 aliphatic rings. The Balaban J connectivity index is 2.83. The van der Waals surface area contributed by atoms with Gasteiger partial charge in [0.15, 0.2) is 5.78 Å². The number of ketones is 1. The molecule has 0 bridgehead atoms. The van der Waals surface area contributed by atoms with E-state index in [0.717, 1.165) is 0 Å². The minimum Gasteiger partial charge on any atom is -0.411 e. The molecular formula is C10H14N2O2. The Kier molecular flexibility index (Phi) is 2.61. The van der Waals surface area contributed by atoms with Gasteiger partial charge in [0.1, 0.15) is 5.71 Å². The molecule has 1 aliphatic carbocycles. The molecule has 1 fully saturated rings. The molecule has 2 atom stereocenters. The van der Waals surface area contributed by atoms with Crippen LogP contribution >= 0.6 is 0 Å². The van der Waals surface area contributed by atoms with Crippen LogP contribution < -0.4 is 0 Å². The first kappa shape index (κ1) is 10.7. The molecule has 0 spiro atoms. The molecule has 1 N–H and O–H groups in total. The van der Waals surface area contributed by atoms with E-state index < -0.39 is 0 Å². The van der Waals surface area contributed by atoms with E-state index in [1.54, 1.807) is 0 Å². The van der Waals surface area contributed by atoms with Crippen LogP contribution in [0.25, 0.3) is 0 Å². The summed E-state index contributed by atoms with van der Waals surface area (Å²) >= 11 is 0. The van der Waals surface area contributed by atoms with Crippen LogP contribution in [0, 0.1) is 28.6 Å². The second kappa shape index (κ2) is 3.41. The van der Waals surface area contributed by atoms with Gasteiger partial charge < -0.3 is 5.21 Å². The fourth-order valence-electron chi connectivity index (χ4n) is 2.12. The molecule has 0 aromatic rings. The van der Waals surface area contributed by atoms with Gasteiger partial charge >= 0.3 is 0 Å². The van der Waals surface area contributed by atoms with Crippen molar-refractivity contribution >= 4 is 11.5 Å². The first-order valence-electron chi connectivity index (χ1n) is 4.56. The number of nitriles is 1. The van der Waals surface area contributed by atoms with Crippen LogP contribution in [0.1, 0.15) is 27.2 Å². The maximum Gasteiger partial charge on any atom is 0.177 e. The highest BCUT2D eigenvalue weighted by Gasteiger charge is 2.60. The molecule has 4 nitrogen and oxygen atoms in total. The van der Waals surface area contributed by atoms with Crippen LogP contribution in [0.2, 0.25) is 0 Å². The summed E-state index contributed by atoms with van der Waals surface area (Å²) in [6, 6.07) is 2.09. The first-order valence-corrected chi connectivity index (χ1v) is 4.56. The molecular weight excluding hydrogens is 180 g/mol. The molecule has 0 amide bonds. The van der Waals surface area contributed by atoms with Crippen molar-refractivity contribution in [2.45, 2.75) is 27.2 Å². The average molecular weight is 194 g/mol. The van der Waals surface area contributed by atoms with E-state index in [4.69, 9.17) is 10.5 Å². The second-order valence-electron chi connectivity index (χ2n) is 4.31. The fraction of sp³-hybridized carbons (Fsp3) is 0.700. The van der Waals surface area contributed by atoms with E-state index in [-0.39, 0.29) is 28.7 Å². The number of hydrogen-bond donors (Lipinski definition) is 1. The minimum absolute atomic E-state index is 0.0651. The Morgan fingerprint density at radius 1 is 1.64 bits per heavy atom. The van der Waals surface area contributed by atoms with Crippen molar-refractivity contribution in [2.24, 2.45) is 22.4 Å². The van der Waals surface area contributed by atoms with E-state index in [1.165, 1.54) is 6.92 Å². The summed E-state index contributed by atoms with van der Waals surface area (Å²) in [6.45, 7) is 5.34. The Labute approximate surface area is 83.2 Å². The van der Waals surface area contributed by atoms with Crippen LogP contribution in [-0.4, -0.2) is 16.7 Å². The monoisotopic (exact) mass is 194 g/mol. The Morgan fingerprint density at radius 2 is 2.21 bits per heavy atom. The standard InChI is InChI=1S/C10H14N2O2/c1-6(13)9(12-14)8-7(4-5-11)10(8,2)3/h7-8,14H,4H2,1-3H3/t7-,8+/m1/s1. The van der Waals surface area contributed by atoms with E-state index in [2.05, 4.69) is 11.2 Å². The van der Waals surface area contributed by atoms with Gasteiger partial charge in [0.2, 0.25) is 0 Å². The van der Waals surface area contributed by atoms with Gasteiger partial charge in [-0.1, -0.05) is 19.0 Å². The van der Waals surface area contributed by atoms with Gasteiger partial charge in [0, 0.05) is 19.3 Å². The topological polar surface area (TPSA) is 73.4 Å². The zero-order chi connectivity index (χ0) is 10.9. The zero-order valence-electron chi connectivity index (χ0n) is 8.61. The molecule has 0 aromatic carbocycles. The third-order valence-electron chi connectivity index (χ3n) is 3.12. The maximum absolute atomic E-state index is 11.1. The third-order valence-corrected chi connectivity index (χ3v) is 3.12. The molecule has 4 heteroatoms. The Morgan fingerprint density at radius 3 is 2.57 bits per heavy atom. The van der Waals surface area contributed by atoms with Gasteiger partial charge in [-0.3, -0.25) is 4.79 Å². The summed E-state index contributed by atoms with van der Waals surface area (Å²) in [5, 5.41) is 20.3. The number of rotatable bonds is 3. The molecule has 0 saturated heterocycles. The van der Waals surface area contributed by atoms with Crippen molar-refractivity contribution in [3.05, 3.63) is 0 Å². The normalized spacial score (nSPS) is 29.4. The number of nitrogens with zero attached hydrogens (tertiary/aromatic N) is 2. The summed E-state index contributed by atoms with van der Waals surface area (Å²) < 4.78 is 0. The highest BCUT2D eigenvalue weighted by Crippen LogP contribution is 2.60. The summed E-state index contributed by atoms with van der Waals surface area (Å²) in [4.78, 5) is 11.1. The van der Waals surface area contributed by atoms with E-state index in [0.29, 0.717) is 6.42 Å². The third kappa shape index (κ3) is 1.50. The van der Waals surface area contributed by atoms with Crippen LogP contribution in [0.15, 0.2) is 5.16 Å². The number of hydrogen-bond acceptors (Lipinski definition) is 4. The van der Waals surface area contributed by atoms with E-state index in [1.807, 2.05) is 13.8 Å². The van der Waals surface area contributed by atoms with Gasteiger partial charge in [-0.05, 0) is 11.3 Å². The number of carbonyl (C=O) groups is 1. The molecule has 0 aromatic heterocycles. The summed E-state index contributed by atoms with van der Waals surface area (Å²) in [7, 11) is 0. The smallest absolute Gasteiger partial charge is 0.177 e. The number of carbonyl (C=O) groups excluding carboxylic acids is 1. The number of oxime groups is 1. The summed E-state index contributed by atoms with van der Waals surface area (Å²) in [6.07, 6.45) is 0.407. The van der Waals surface area contributed by atoms with Crippen molar-refractivity contribution in [2.75, 3.05) is 0 Å².